The first-order valence-electron chi connectivity index (χ1n) is 20.8. The van der Waals surface area contributed by atoms with Crippen LogP contribution in [0.25, 0.3) is 0 Å². The topological polar surface area (TPSA) is 184 Å². The van der Waals surface area contributed by atoms with E-state index in [1.807, 2.05) is 90.7 Å². The first-order chi connectivity index (χ1) is 26.8. The van der Waals surface area contributed by atoms with Crippen LogP contribution in [0.4, 0.5) is 0 Å². The van der Waals surface area contributed by atoms with Crippen LogP contribution in [0.15, 0.2) is 30.3 Å². The minimum atomic E-state index is -1.14. The van der Waals surface area contributed by atoms with Crippen LogP contribution in [0.2, 0.25) is 0 Å². The SMILES string of the molecule is CC[C@@H](N)CN(C)[C@H](C(=O)NC(C(=O)N(C)[C@@H]([C@@H](C)CC)[C@@H](CC(=O)N1CCC[C@H]1[C@H](OC)[C@@H](C)C(=O)N[C@@H](Cc1ccccc1)C(=O)O)OC)C(C)C)C(C)C. The number of nitrogens with two attached hydrogens (primary N) is 1. The number of hydrogen-bond acceptors (Lipinski definition) is 9. The van der Waals surface area contributed by atoms with E-state index in [0.717, 1.165) is 12.0 Å². The van der Waals surface area contributed by atoms with Crippen molar-refractivity contribution < 1.29 is 38.6 Å². The standard InChI is InChI=1S/C43H74N6O8/c1-13-28(7)38(48(10)42(53)36(26(3)4)46-41(52)37(27(5)6)47(9)25-31(44)14-2)34(56-11)24-35(50)49-22-18-21-33(49)39(57-12)29(8)40(51)45-32(43(54)55)23-30-19-16-15-17-20-30/h15-17,19-20,26-29,31-34,36-39H,13-14,18,21-25,44H2,1-12H3,(H,45,51)(H,46,52)(H,54,55)/t28-,29+,31+,32-,33-,34+,36?,37-,38-,39+/m0/s1. The second-order valence-corrected chi connectivity index (χ2v) is 16.7. The van der Waals surface area contributed by atoms with Crippen LogP contribution in [0.5, 0.6) is 0 Å². The molecular weight excluding hydrogens is 729 g/mol. The number of hydrogen-bond donors (Lipinski definition) is 4. The number of likely N-dealkylation sites (N-methyl/N-ethyl adjacent to an activating group) is 2. The molecule has 57 heavy (non-hydrogen) atoms. The molecule has 1 fully saturated rings. The molecule has 0 spiro atoms. The van der Waals surface area contributed by atoms with Gasteiger partial charge >= 0.3 is 5.97 Å². The lowest BCUT2D eigenvalue weighted by Gasteiger charge is -2.41. The fraction of sp³-hybridized carbons (Fsp3) is 0.744. The number of nitrogens with one attached hydrogen (secondary N) is 2. The van der Waals surface area contributed by atoms with Crippen LogP contribution in [-0.4, -0.2) is 139 Å². The summed E-state index contributed by atoms with van der Waals surface area (Å²) in [6, 6.07) is 5.66. The maximum atomic E-state index is 14.4. The highest BCUT2D eigenvalue weighted by Crippen LogP contribution is 2.30. The summed E-state index contributed by atoms with van der Waals surface area (Å²) in [6.07, 6.45) is 1.53. The Balaban J connectivity index is 2.28. The van der Waals surface area contributed by atoms with Gasteiger partial charge in [-0.3, -0.25) is 24.1 Å². The Morgan fingerprint density at radius 2 is 1.54 bits per heavy atom. The fourth-order valence-corrected chi connectivity index (χ4v) is 8.26. The van der Waals surface area contributed by atoms with E-state index < -0.39 is 60.2 Å². The lowest BCUT2D eigenvalue weighted by Crippen LogP contribution is -2.60. The van der Waals surface area contributed by atoms with E-state index in [1.165, 1.54) is 14.2 Å². The summed E-state index contributed by atoms with van der Waals surface area (Å²) in [5.74, 6) is -3.38. The molecule has 0 saturated carbocycles. The van der Waals surface area contributed by atoms with Crippen LogP contribution < -0.4 is 16.4 Å². The van der Waals surface area contributed by atoms with Gasteiger partial charge in [0.2, 0.25) is 23.6 Å². The Kier molecular flexibility index (Phi) is 20.6. The number of carboxylic acids is 1. The number of carbonyl (C=O) groups is 5. The molecule has 324 valence electrons. The Labute approximate surface area is 341 Å². The van der Waals surface area contributed by atoms with Crippen LogP contribution in [0.1, 0.15) is 93.1 Å². The van der Waals surface area contributed by atoms with Crippen molar-refractivity contribution >= 4 is 29.6 Å². The Bertz CT molecular complexity index is 1430. The van der Waals surface area contributed by atoms with Gasteiger partial charge in [-0.1, -0.05) is 92.1 Å². The summed E-state index contributed by atoms with van der Waals surface area (Å²) >= 11 is 0. The molecule has 1 heterocycles. The fourth-order valence-electron chi connectivity index (χ4n) is 8.26. The summed E-state index contributed by atoms with van der Waals surface area (Å²) < 4.78 is 11.9. The molecule has 1 aliphatic rings. The third-order valence-electron chi connectivity index (χ3n) is 11.8. The molecule has 0 bridgehead atoms. The summed E-state index contributed by atoms with van der Waals surface area (Å²) in [7, 11) is 6.63. The first-order valence-corrected chi connectivity index (χ1v) is 20.8. The number of amides is 4. The molecule has 0 radical (unpaired) electrons. The number of benzene rings is 1. The molecule has 0 aromatic heterocycles. The number of rotatable bonds is 24. The zero-order valence-corrected chi connectivity index (χ0v) is 36.7. The van der Waals surface area contributed by atoms with Crippen LogP contribution in [-0.2, 0) is 39.9 Å². The van der Waals surface area contributed by atoms with Gasteiger partial charge in [-0.25, -0.2) is 4.79 Å². The maximum absolute atomic E-state index is 14.4. The van der Waals surface area contributed by atoms with E-state index in [2.05, 4.69) is 10.6 Å². The second-order valence-electron chi connectivity index (χ2n) is 16.7. The summed E-state index contributed by atoms with van der Waals surface area (Å²) in [4.78, 5) is 73.5. The normalized spacial score (nSPS) is 19.3. The van der Waals surface area contributed by atoms with E-state index >= 15 is 0 Å². The minimum Gasteiger partial charge on any atom is -0.480 e. The zero-order valence-electron chi connectivity index (χ0n) is 36.7. The smallest absolute Gasteiger partial charge is 0.326 e. The molecule has 4 amide bonds. The van der Waals surface area contributed by atoms with Gasteiger partial charge in [0.25, 0.3) is 0 Å². The minimum absolute atomic E-state index is 0.0224. The molecule has 5 N–H and O–H groups in total. The van der Waals surface area contributed by atoms with Gasteiger partial charge in [0.15, 0.2) is 0 Å². The molecule has 14 heteroatoms. The van der Waals surface area contributed by atoms with Crippen molar-refractivity contribution in [1.29, 1.82) is 0 Å². The van der Waals surface area contributed by atoms with Crippen molar-refractivity contribution in [3.05, 3.63) is 35.9 Å². The van der Waals surface area contributed by atoms with Gasteiger partial charge in [0.05, 0.1) is 42.7 Å². The predicted octanol–water partition coefficient (Wildman–Crippen LogP) is 3.55. The van der Waals surface area contributed by atoms with Crippen molar-refractivity contribution in [2.45, 2.75) is 142 Å². The van der Waals surface area contributed by atoms with Crippen molar-refractivity contribution in [3.8, 4) is 0 Å². The number of aliphatic carboxylic acids is 1. The molecule has 1 aromatic rings. The Morgan fingerprint density at radius 1 is 0.912 bits per heavy atom. The van der Waals surface area contributed by atoms with Crippen LogP contribution in [0, 0.1) is 23.7 Å². The molecule has 2 rings (SSSR count). The van der Waals surface area contributed by atoms with Gasteiger partial charge in [-0.05, 0) is 49.6 Å². The van der Waals surface area contributed by atoms with E-state index in [4.69, 9.17) is 15.2 Å². The third kappa shape index (κ3) is 13.8. The van der Waals surface area contributed by atoms with Gasteiger partial charge in [-0.15, -0.1) is 0 Å². The van der Waals surface area contributed by atoms with Gasteiger partial charge in [0, 0.05) is 46.8 Å². The molecule has 1 unspecified atom stereocenters. The highest BCUT2D eigenvalue weighted by atomic mass is 16.5. The second kappa shape index (κ2) is 23.7. The molecule has 1 saturated heterocycles. The predicted molar refractivity (Wildman–Crippen MR) is 222 cm³/mol. The average molecular weight is 803 g/mol. The molecule has 1 aromatic carbocycles. The van der Waals surface area contributed by atoms with E-state index in [9.17, 15) is 29.1 Å². The quantitative estimate of drug-likeness (QED) is 0.121. The summed E-state index contributed by atoms with van der Waals surface area (Å²) in [6.45, 7) is 16.5. The lowest BCUT2D eigenvalue weighted by molar-refractivity contribution is -0.148. The Morgan fingerprint density at radius 3 is 2.05 bits per heavy atom. The van der Waals surface area contributed by atoms with Crippen molar-refractivity contribution in [3.63, 3.8) is 0 Å². The maximum Gasteiger partial charge on any atom is 0.326 e. The van der Waals surface area contributed by atoms with Crippen LogP contribution >= 0.6 is 0 Å². The highest BCUT2D eigenvalue weighted by Gasteiger charge is 2.43. The number of methoxy groups -OCH3 is 2. The van der Waals surface area contributed by atoms with E-state index in [-0.39, 0.29) is 54.4 Å². The lowest BCUT2D eigenvalue weighted by atomic mass is 9.89. The van der Waals surface area contributed by atoms with Gasteiger partial charge in [-0.2, -0.15) is 0 Å². The molecule has 1 aliphatic heterocycles. The molecule has 10 atom stereocenters. The van der Waals surface area contributed by atoms with Gasteiger partial charge in [0.1, 0.15) is 12.1 Å². The molecular formula is C43H74N6O8. The van der Waals surface area contributed by atoms with E-state index in [1.54, 1.807) is 23.8 Å². The monoisotopic (exact) mass is 803 g/mol. The number of ether oxygens (including phenoxy) is 2. The van der Waals surface area contributed by atoms with Crippen molar-refractivity contribution in [1.82, 2.24) is 25.3 Å². The van der Waals surface area contributed by atoms with Crippen molar-refractivity contribution in [2.75, 3.05) is 41.4 Å². The largest absolute Gasteiger partial charge is 0.480 e. The zero-order chi connectivity index (χ0) is 43.1. The Hall–Kier alpha value is -3.59. The average Bonchev–Trinajstić information content (AvgIpc) is 3.65. The number of carbonyl (C=O) groups excluding carboxylic acids is 4. The number of carboxylic acid groups (broad SMARTS) is 1. The summed E-state index contributed by atoms with van der Waals surface area (Å²) in [5, 5.41) is 15.7. The summed E-state index contributed by atoms with van der Waals surface area (Å²) in [5.41, 5.74) is 7.01. The number of nitrogens with zero attached hydrogens (tertiary/aromatic N) is 3. The van der Waals surface area contributed by atoms with Crippen molar-refractivity contribution in [2.24, 2.45) is 29.4 Å². The van der Waals surface area contributed by atoms with Gasteiger partial charge < -0.3 is 40.7 Å². The first kappa shape index (κ1) is 49.6. The molecule has 0 aliphatic carbocycles. The third-order valence-corrected chi connectivity index (χ3v) is 11.8. The van der Waals surface area contributed by atoms with Crippen LogP contribution in [0.3, 0.4) is 0 Å². The highest BCUT2D eigenvalue weighted by molar-refractivity contribution is 5.90. The van der Waals surface area contributed by atoms with E-state index in [0.29, 0.717) is 32.4 Å². The molecule has 14 nitrogen and oxygen atoms in total. The number of likely N-dealkylation sites (tertiary alicyclic amines) is 1.